The van der Waals surface area contributed by atoms with E-state index in [0.29, 0.717) is 12.5 Å². The van der Waals surface area contributed by atoms with E-state index in [0.717, 1.165) is 38.1 Å². The Kier molecular flexibility index (Phi) is 4.87. The molecule has 0 atom stereocenters. The van der Waals surface area contributed by atoms with Gasteiger partial charge in [-0.05, 0) is 44.0 Å². The van der Waals surface area contributed by atoms with E-state index >= 15 is 0 Å². The van der Waals surface area contributed by atoms with Crippen molar-refractivity contribution in [1.82, 2.24) is 10.6 Å². The normalized spacial score (nSPS) is 16.4. The fraction of sp³-hybridized carbons (Fsp3) is 0.462. The molecule has 1 fully saturated rings. The molecule has 0 aromatic heterocycles. The molecule has 2 N–H and O–H groups in total. The molecule has 1 aliphatic heterocycles. The van der Waals surface area contributed by atoms with Crippen molar-refractivity contribution in [2.24, 2.45) is 5.92 Å². The monoisotopic (exact) mass is 332 g/mol. The molecule has 1 aliphatic rings. The molecule has 104 valence electrons. The molecule has 19 heavy (non-hydrogen) atoms. The van der Waals surface area contributed by atoms with Crippen LogP contribution in [0.4, 0.5) is 8.78 Å². The first-order valence-electron chi connectivity index (χ1n) is 6.21. The van der Waals surface area contributed by atoms with Crippen molar-refractivity contribution in [2.75, 3.05) is 19.6 Å². The lowest BCUT2D eigenvalue weighted by atomic mass is 9.98. The van der Waals surface area contributed by atoms with Gasteiger partial charge in [0.05, 0.1) is 0 Å². The van der Waals surface area contributed by atoms with Crippen molar-refractivity contribution >= 4 is 21.8 Å². The molecule has 1 aromatic rings. The SMILES string of the molecule is O=C(NCC1CCNCC1)c1c(F)cc(Br)cc1F. The van der Waals surface area contributed by atoms with Gasteiger partial charge in [0.15, 0.2) is 0 Å². The Morgan fingerprint density at radius 3 is 2.47 bits per heavy atom. The number of amides is 1. The fourth-order valence-electron chi connectivity index (χ4n) is 2.17. The third-order valence-corrected chi connectivity index (χ3v) is 3.70. The second-order valence-corrected chi connectivity index (χ2v) is 5.56. The highest BCUT2D eigenvalue weighted by molar-refractivity contribution is 9.10. The number of carbonyl (C=O) groups excluding carboxylic acids is 1. The van der Waals surface area contributed by atoms with Crippen LogP contribution in [0.25, 0.3) is 0 Å². The standard InChI is InChI=1S/C13H15BrF2N2O/c14-9-5-10(15)12(11(16)6-9)13(19)18-7-8-1-3-17-4-2-8/h5-6,8,17H,1-4,7H2,(H,18,19). The summed E-state index contributed by atoms with van der Waals surface area (Å²) < 4.78 is 27.4. The van der Waals surface area contributed by atoms with E-state index in [-0.39, 0.29) is 4.47 Å². The van der Waals surface area contributed by atoms with Crippen LogP contribution in [0.3, 0.4) is 0 Å². The molecule has 0 aliphatic carbocycles. The first-order chi connectivity index (χ1) is 9.08. The van der Waals surface area contributed by atoms with E-state index < -0.39 is 23.1 Å². The van der Waals surface area contributed by atoms with Crippen molar-refractivity contribution < 1.29 is 13.6 Å². The van der Waals surface area contributed by atoms with E-state index in [1.807, 2.05) is 0 Å². The topological polar surface area (TPSA) is 41.1 Å². The maximum Gasteiger partial charge on any atom is 0.257 e. The predicted octanol–water partition coefficient (Wildman–Crippen LogP) is 2.46. The first-order valence-corrected chi connectivity index (χ1v) is 7.00. The van der Waals surface area contributed by atoms with Crippen LogP contribution in [0.1, 0.15) is 23.2 Å². The van der Waals surface area contributed by atoms with Crippen LogP contribution in [0.15, 0.2) is 16.6 Å². The number of carbonyl (C=O) groups is 1. The van der Waals surface area contributed by atoms with Gasteiger partial charge in [0.25, 0.3) is 5.91 Å². The van der Waals surface area contributed by atoms with Gasteiger partial charge in [-0.3, -0.25) is 4.79 Å². The number of hydrogen-bond acceptors (Lipinski definition) is 2. The van der Waals surface area contributed by atoms with Crippen LogP contribution in [0, 0.1) is 17.6 Å². The van der Waals surface area contributed by atoms with Crippen molar-refractivity contribution in [1.29, 1.82) is 0 Å². The fourth-order valence-corrected chi connectivity index (χ4v) is 2.57. The molecule has 3 nitrogen and oxygen atoms in total. The van der Waals surface area contributed by atoms with Crippen molar-refractivity contribution in [3.05, 3.63) is 33.8 Å². The maximum absolute atomic E-state index is 13.6. The van der Waals surface area contributed by atoms with Crippen LogP contribution in [-0.4, -0.2) is 25.5 Å². The van der Waals surface area contributed by atoms with Crippen LogP contribution < -0.4 is 10.6 Å². The lowest BCUT2D eigenvalue weighted by molar-refractivity contribution is 0.0935. The zero-order valence-corrected chi connectivity index (χ0v) is 11.9. The predicted molar refractivity (Wildman–Crippen MR) is 72.0 cm³/mol. The van der Waals surface area contributed by atoms with E-state index in [4.69, 9.17) is 0 Å². The molecule has 2 rings (SSSR count). The minimum absolute atomic E-state index is 0.275. The molecule has 0 spiro atoms. The van der Waals surface area contributed by atoms with Crippen LogP contribution in [-0.2, 0) is 0 Å². The van der Waals surface area contributed by atoms with Gasteiger partial charge in [-0.2, -0.15) is 0 Å². The summed E-state index contributed by atoms with van der Waals surface area (Å²) in [6.45, 7) is 2.29. The molecule has 0 unspecified atom stereocenters. The summed E-state index contributed by atoms with van der Waals surface area (Å²) in [6.07, 6.45) is 1.93. The van der Waals surface area contributed by atoms with Crippen LogP contribution >= 0.6 is 15.9 Å². The van der Waals surface area contributed by atoms with E-state index in [2.05, 4.69) is 26.6 Å². The summed E-state index contributed by atoms with van der Waals surface area (Å²) in [5.74, 6) is -2.03. The number of piperidine rings is 1. The Morgan fingerprint density at radius 2 is 1.89 bits per heavy atom. The van der Waals surface area contributed by atoms with Gasteiger partial charge in [-0.25, -0.2) is 8.78 Å². The van der Waals surface area contributed by atoms with E-state index in [1.54, 1.807) is 0 Å². The summed E-state index contributed by atoms with van der Waals surface area (Å²) >= 11 is 2.98. The number of halogens is 3. The second kappa shape index (κ2) is 6.43. The minimum Gasteiger partial charge on any atom is -0.352 e. The highest BCUT2D eigenvalue weighted by atomic mass is 79.9. The second-order valence-electron chi connectivity index (χ2n) is 4.65. The summed E-state index contributed by atoms with van der Waals surface area (Å²) in [7, 11) is 0. The molecular weight excluding hydrogens is 318 g/mol. The largest absolute Gasteiger partial charge is 0.352 e. The average molecular weight is 333 g/mol. The molecule has 0 saturated carbocycles. The third-order valence-electron chi connectivity index (χ3n) is 3.24. The number of benzene rings is 1. The Bertz CT molecular complexity index is 453. The van der Waals surface area contributed by atoms with Crippen LogP contribution in [0.5, 0.6) is 0 Å². The Hall–Kier alpha value is -1.01. The van der Waals surface area contributed by atoms with E-state index in [9.17, 15) is 13.6 Å². The highest BCUT2D eigenvalue weighted by Crippen LogP contribution is 2.19. The summed E-state index contributed by atoms with van der Waals surface area (Å²) in [6, 6.07) is 2.17. The Labute approximate surface area is 118 Å². The average Bonchev–Trinajstić information content (AvgIpc) is 2.36. The smallest absolute Gasteiger partial charge is 0.257 e. The lowest BCUT2D eigenvalue weighted by Crippen LogP contribution is -2.36. The minimum atomic E-state index is -0.852. The molecule has 0 bridgehead atoms. The summed E-state index contributed by atoms with van der Waals surface area (Å²) in [5.41, 5.74) is -0.517. The number of hydrogen-bond donors (Lipinski definition) is 2. The summed E-state index contributed by atoms with van der Waals surface area (Å²) in [4.78, 5) is 11.8. The van der Waals surface area contributed by atoms with Crippen LogP contribution in [0.2, 0.25) is 0 Å². The first kappa shape index (κ1) is 14.4. The van der Waals surface area contributed by atoms with Gasteiger partial charge in [0.2, 0.25) is 0 Å². The zero-order chi connectivity index (χ0) is 13.8. The highest BCUT2D eigenvalue weighted by Gasteiger charge is 2.20. The molecule has 0 radical (unpaired) electrons. The lowest BCUT2D eigenvalue weighted by Gasteiger charge is -2.22. The van der Waals surface area contributed by atoms with E-state index in [1.165, 1.54) is 0 Å². The molecule has 1 heterocycles. The molecule has 1 saturated heterocycles. The third kappa shape index (κ3) is 3.73. The number of rotatable bonds is 3. The molecule has 6 heteroatoms. The van der Waals surface area contributed by atoms with Gasteiger partial charge in [-0.1, -0.05) is 15.9 Å². The van der Waals surface area contributed by atoms with Gasteiger partial charge in [-0.15, -0.1) is 0 Å². The number of nitrogens with one attached hydrogen (secondary N) is 2. The van der Waals surface area contributed by atoms with Crippen molar-refractivity contribution in [3.8, 4) is 0 Å². The maximum atomic E-state index is 13.6. The Morgan fingerprint density at radius 1 is 1.32 bits per heavy atom. The van der Waals surface area contributed by atoms with Crippen molar-refractivity contribution in [2.45, 2.75) is 12.8 Å². The van der Waals surface area contributed by atoms with Gasteiger partial charge < -0.3 is 10.6 Å². The molecular formula is C13H15BrF2N2O. The summed E-state index contributed by atoms with van der Waals surface area (Å²) in [5, 5.41) is 5.83. The Balaban J connectivity index is 1.99. The quantitative estimate of drug-likeness (QED) is 0.892. The van der Waals surface area contributed by atoms with Gasteiger partial charge in [0, 0.05) is 11.0 Å². The molecule has 1 aromatic carbocycles. The zero-order valence-electron chi connectivity index (χ0n) is 10.3. The van der Waals surface area contributed by atoms with Gasteiger partial charge >= 0.3 is 0 Å². The van der Waals surface area contributed by atoms with Gasteiger partial charge in [0.1, 0.15) is 17.2 Å². The van der Waals surface area contributed by atoms with Crippen molar-refractivity contribution in [3.63, 3.8) is 0 Å². The molecule has 1 amide bonds.